The van der Waals surface area contributed by atoms with Crippen molar-refractivity contribution >= 4 is 51.4 Å². The van der Waals surface area contributed by atoms with Crippen LogP contribution in [0, 0.1) is 0 Å². The third kappa shape index (κ3) is 4.34. The van der Waals surface area contributed by atoms with Gasteiger partial charge in [-0.1, -0.05) is 34.7 Å². The Morgan fingerprint density at radius 3 is 2.77 bits per heavy atom. The van der Waals surface area contributed by atoms with Gasteiger partial charge in [-0.2, -0.15) is 0 Å². The van der Waals surface area contributed by atoms with Gasteiger partial charge in [0.1, 0.15) is 0 Å². The number of benzene rings is 1. The van der Waals surface area contributed by atoms with Crippen molar-refractivity contribution in [1.82, 2.24) is 10.2 Å². The summed E-state index contributed by atoms with van der Waals surface area (Å²) >= 11 is 8.72. The normalized spacial score (nSPS) is 15.4. The lowest BCUT2D eigenvalue weighted by Gasteiger charge is -2.10. The predicted molar refractivity (Wildman–Crippen MR) is 92.0 cm³/mol. The second kappa shape index (κ2) is 6.85. The van der Waals surface area contributed by atoms with Gasteiger partial charge in [0, 0.05) is 16.8 Å². The smallest absolute Gasteiger partial charge is 0.237 e. The standard InChI is InChI=1S/C14H15ClN4OS2/c1-8(12(20)16-10-4-2-9(15)3-5-10)21-14-19-18-13(22-14)17-11-6-7-11/h2-5,8,11H,6-7H2,1H3,(H,16,20)(H,17,18). The zero-order chi connectivity index (χ0) is 15.5. The molecule has 22 heavy (non-hydrogen) atoms. The van der Waals surface area contributed by atoms with Crippen LogP contribution in [0.5, 0.6) is 0 Å². The van der Waals surface area contributed by atoms with E-state index in [4.69, 9.17) is 11.6 Å². The van der Waals surface area contributed by atoms with Gasteiger partial charge in [0.15, 0.2) is 4.34 Å². The summed E-state index contributed by atoms with van der Waals surface area (Å²) in [7, 11) is 0. The van der Waals surface area contributed by atoms with E-state index in [0.717, 1.165) is 15.2 Å². The molecule has 0 bridgehead atoms. The van der Waals surface area contributed by atoms with E-state index in [2.05, 4.69) is 20.8 Å². The summed E-state index contributed by atoms with van der Waals surface area (Å²) < 4.78 is 0.793. The Hall–Kier alpha value is -1.31. The molecule has 2 N–H and O–H groups in total. The topological polar surface area (TPSA) is 66.9 Å². The van der Waals surface area contributed by atoms with E-state index in [-0.39, 0.29) is 11.2 Å². The fraction of sp³-hybridized carbons (Fsp3) is 0.357. The third-order valence-electron chi connectivity index (χ3n) is 3.07. The quantitative estimate of drug-likeness (QED) is 0.770. The summed E-state index contributed by atoms with van der Waals surface area (Å²) in [6.45, 7) is 1.85. The highest BCUT2D eigenvalue weighted by Gasteiger charge is 2.23. The van der Waals surface area contributed by atoms with Gasteiger partial charge in [-0.15, -0.1) is 10.2 Å². The van der Waals surface area contributed by atoms with Crippen LogP contribution in [0.3, 0.4) is 0 Å². The van der Waals surface area contributed by atoms with Crippen molar-refractivity contribution in [2.24, 2.45) is 0 Å². The summed E-state index contributed by atoms with van der Waals surface area (Å²) in [5.74, 6) is -0.0702. The van der Waals surface area contributed by atoms with Crippen molar-refractivity contribution in [3.8, 4) is 0 Å². The Balaban J connectivity index is 1.53. The van der Waals surface area contributed by atoms with Crippen LogP contribution in [-0.2, 0) is 4.79 Å². The molecule has 1 aliphatic rings. The van der Waals surface area contributed by atoms with E-state index < -0.39 is 0 Å². The number of hydrogen-bond donors (Lipinski definition) is 2. The number of halogens is 1. The van der Waals surface area contributed by atoms with E-state index >= 15 is 0 Å². The Kier molecular flexibility index (Phi) is 4.85. The van der Waals surface area contributed by atoms with E-state index in [9.17, 15) is 4.79 Å². The van der Waals surface area contributed by atoms with Crippen molar-refractivity contribution in [3.05, 3.63) is 29.3 Å². The maximum absolute atomic E-state index is 12.2. The van der Waals surface area contributed by atoms with Gasteiger partial charge in [0.2, 0.25) is 11.0 Å². The van der Waals surface area contributed by atoms with Crippen molar-refractivity contribution < 1.29 is 4.79 Å². The first-order valence-corrected chi connectivity index (χ1v) is 9.01. The molecule has 1 aliphatic carbocycles. The van der Waals surface area contributed by atoms with Crippen LogP contribution >= 0.6 is 34.7 Å². The lowest BCUT2D eigenvalue weighted by atomic mass is 10.3. The van der Waals surface area contributed by atoms with E-state index in [0.29, 0.717) is 11.1 Å². The summed E-state index contributed by atoms with van der Waals surface area (Å²) in [6.07, 6.45) is 2.39. The molecule has 0 aliphatic heterocycles. The van der Waals surface area contributed by atoms with Crippen molar-refractivity contribution in [2.45, 2.75) is 35.4 Å². The lowest BCUT2D eigenvalue weighted by molar-refractivity contribution is -0.115. The lowest BCUT2D eigenvalue weighted by Crippen LogP contribution is -2.22. The monoisotopic (exact) mass is 354 g/mol. The minimum absolute atomic E-state index is 0.0702. The molecule has 1 fully saturated rings. The minimum Gasteiger partial charge on any atom is -0.357 e. The zero-order valence-electron chi connectivity index (χ0n) is 11.9. The summed E-state index contributed by atoms with van der Waals surface area (Å²) in [4.78, 5) is 12.2. The number of hydrogen-bond acceptors (Lipinski definition) is 6. The first-order chi connectivity index (χ1) is 10.6. The molecule has 3 rings (SSSR count). The molecule has 1 unspecified atom stereocenters. The third-order valence-corrected chi connectivity index (χ3v) is 5.36. The molecule has 1 amide bonds. The number of aromatic nitrogens is 2. The van der Waals surface area contributed by atoms with Gasteiger partial charge >= 0.3 is 0 Å². The molecule has 1 aromatic carbocycles. The van der Waals surface area contributed by atoms with Crippen molar-refractivity contribution in [2.75, 3.05) is 10.6 Å². The SMILES string of the molecule is CC(Sc1nnc(NC2CC2)s1)C(=O)Nc1ccc(Cl)cc1. The number of carbonyl (C=O) groups is 1. The van der Waals surface area contributed by atoms with Gasteiger partial charge in [-0.25, -0.2) is 0 Å². The van der Waals surface area contributed by atoms with Gasteiger partial charge in [0.25, 0.3) is 0 Å². The summed E-state index contributed by atoms with van der Waals surface area (Å²) in [6, 6.07) is 7.60. The highest BCUT2D eigenvalue weighted by molar-refractivity contribution is 8.02. The second-order valence-electron chi connectivity index (χ2n) is 5.05. The average Bonchev–Trinajstić information content (AvgIpc) is 3.20. The fourth-order valence-corrected chi connectivity index (χ4v) is 3.80. The van der Waals surface area contributed by atoms with Gasteiger partial charge in [-0.05, 0) is 44.0 Å². The number of rotatable bonds is 6. The van der Waals surface area contributed by atoms with Crippen LogP contribution < -0.4 is 10.6 Å². The van der Waals surface area contributed by atoms with Gasteiger partial charge in [0.05, 0.1) is 5.25 Å². The molecule has 2 aromatic rings. The Morgan fingerprint density at radius 1 is 1.36 bits per heavy atom. The highest BCUT2D eigenvalue weighted by atomic mass is 35.5. The van der Waals surface area contributed by atoms with Crippen molar-refractivity contribution in [1.29, 1.82) is 0 Å². The first-order valence-electron chi connectivity index (χ1n) is 6.93. The van der Waals surface area contributed by atoms with Crippen LogP contribution in [-0.4, -0.2) is 27.4 Å². The maximum atomic E-state index is 12.2. The second-order valence-corrected chi connectivity index (χ2v) is 8.05. The van der Waals surface area contributed by atoms with Gasteiger partial charge < -0.3 is 10.6 Å². The fourth-order valence-electron chi connectivity index (χ4n) is 1.70. The molecular weight excluding hydrogens is 340 g/mol. The largest absolute Gasteiger partial charge is 0.357 e. The molecular formula is C14H15ClN4OS2. The number of amides is 1. The zero-order valence-corrected chi connectivity index (χ0v) is 14.3. The Bertz CT molecular complexity index is 657. The average molecular weight is 355 g/mol. The molecule has 1 saturated carbocycles. The van der Waals surface area contributed by atoms with Crippen LogP contribution in [0.2, 0.25) is 5.02 Å². The molecule has 8 heteroatoms. The highest BCUT2D eigenvalue weighted by Crippen LogP contribution is 2.32. The van der Waals surface area contributed by atoms with E-state index in [1.54, 1.807) is 24.3 Å². The molecule has 0 spiro atoms. The Morgan fingerprint density at radius 2 is 2.09 bits per heavy atom. The summed E-state index contributed by atoms with van der Waals surface area (Å²) in [5.41, 5.74) is 0.732. The number of nitrogens with one attached hydrogen (secondary N) is 2. The molecule has 116 valence electrons. The van der Waals surface area contributed by atoms with E-state index in [1.165, 1.54) is 35.9 Å². The minimum atomic E-state index is -0.252. The number of thioether (sulfide) groups is 1. The van der Waals surface area contributed by atoms with Crippen LogP contribution in [0.1, 0.15) is 19.8 Å². The van der Waals surface area contributed by atoms with Gasteiger partial charge in [-0.3, -0.25) is 4.79 Å². The molecule has 1 heterocycles. The van der Waals surface area contributed by atoms with Crippen molar-refractivity contribution in [3.63, 3.8) is 0 Å². The van der Waals surface area contributed by atoms with Crippen LogP contribution in [0.4, 0.5) is 10.8 Å². The first kappa shape index (κ1) is 15.6. The molecule has 1 atom stereocenters. The molecule has 1 aromatic heterocycles. The Labute approximate surface area is 141 Å². The number of carbonyl (C=O) groups excluding carboxylic acids is 1. The molecule has 5 nitrogen and oxygen atoms in total. The summed E-state index contributed by atoms with van der Waals surface area (Å²) in [5, 5.41) is 15.6. The molecule has 0 saturated heterocycles. The molecule has 0 radical (unpaired) electrons. The van der Waals surface area contributed by atoms with Crippen LogP contribution in [0.25, 0.3) is 0 Å². The number of nitrogens with zero attached hydrogens (tertiary/aromatic N) is 2. The predicted octanol–water partition coefficient (Wildman–Crippen LogP) is 3.89. The maximum Gasteiger partial charge on any atom is 0.237 e. The van der Waals surface area contributed by atoms with Crippen LogP contribution in [0.15, 0.2) is 28.6 Å². The number of anilines is 2. The van der Waals surface area contributed by atoms with E-state index in [1.807, 2.05) is 6.92 Å².